The highest BCUT2D eigenvalue weighted by Gasteiger charge is 2.26. The molecular formula is C26H23N5O2. The van der Waals surface area contributed by atoms with Gasteiger partial charge in [0, 0.05) is 36.7 Å². The van der Waals surface area contributed by atoms with Crippen molar-refractivity contribution in [3.05, 3.63) is 89.4 Å². The lowest BCUT2D eigenvalue weighted by molar-refractivity contribution is 0.133. The summed E-state index contributed by atoms with van der Waals surface area (Å²) in [5.41, 5.74) is 7.75. The Balaban J connectivity index is 1.28. The number of nitrogens with one attached hydrogen (secondary N) is 1. The van der Waals surface area contributed by atoms with Crippen molar-refractivity contribution in [2.75, 3.05) is 17.3 Å². The predicted octanol–water partition coefficient (Wildman–Crippen LogP) is 4.84. The molecule has 164 valence electrons. The fourth-order valence-corrected chi connectivity index (χ4v) is 4.35. The van der Waals surface area contributed by atoms with E-state index in [1.807, 2.05) is 18.2 Å². The molecule has 7 nitrogen and oxygen atoms in total. The van der Waals surface area contributed by atoms with Gasteiger partial charge in [-0.1, -0.05) is 18.2 Å². The van der Waals surface area contributed by atoms with Crippen LogP contribution in [0.5, 0.6) is 5.75 Å². The van der Waals surface area contributed by atoms with Crippen molar-refractivity contribution in [2.45, 2.75) is 26.3 Å². The first-order chi connectivity index (χ1) is 16.3. The number of rotatable bonds is 5. The molecule has 2 aliphatic heterocycles. The van der Waals surface area contributed by atoms with Crippen LogP contribution in [-0.4, -0.2) is 22.1 Å². The molecule has 2 aromatic carbocycles. The van der Waals surface area contributed by atoms with E-state index in [2.05, 4.69) is 51.6 Å². The number of nitrogens with zero attached hydrogens (tertiary/aromatic N) is 4. The summed E-state index contributed by atoms with van der Waals surface area (Å²) >= 11 is 0. The normalized spacial score (nSPS) is 14.2. The third-order valence-corrected chi connectivity index (χ3v) is 6.15. The Morgan fingerprint density at radius 2 is 1.67 bits per heavy atom. The minimum absolute atomic E-state index is 0.509. The second-order valence-corrected chi connectivity index (χ2v) is 8.22. The van der Waals surface area contributed by atoms with Gasteiger partial charge in [0.1, 0.15) is 11.6 Å². The standard InChI is InChI=1S/C26H23N5O2/c1-32-22-7-4-19-13-31(14-20(19)12-22)26-29-24-16-33-15-23(24)25(30-26)28-21-5-2-17(3-6-21)18-8-10-27-11-9-18/h2-12H,13-16H2,1H3,(H,28,29,30). The highest BCUT2D eigenvalue weighted by atomic mass is 16.5. The molecule has 7 heteroatoms. The van der Waals surface area contributed by atoms with Crippen LogP contribution in [0.15, 0.2) is 67.0 Å². The van der Waals surface area contributed by atoms with Crippen LogP contribution in [0.4, 0.5) is 17.5 Å². The molecule has 2 aromatic heterocycles. The van der Waals surface area contributed by atoms with E-state index >= 15 is 0 Å². The average Bonchev–Trinajstić information content (AvgIpc) is 3.51. The van der Waals surface area contributed by atoms with Gasteiger partial charge in [0.05, 0.1) is 26.0 Å². The van der Waals surface area contributed by atoms with Gasteiger partial charge < -0.3 is 19.7 Å². The van der Waals surface area contributed by atoms with Crippen LogP contribution in [0, 0.1) is 0 Å². The van der Waals surface area contributed by atoms with E-state index in [4.69, 9.17) is 19.4 Å². The van der Waals surface area contributed by atoms with Crippen molar-refractivity contribution in [3.8, 4) is 16.9 Å². The summed E-state index contributed by atoms with van der Waals surface area (Å²) in [6, 6.07) is 18.6. The van der Waals surface area contributed by atoms with E-state index in [0.29, 0.717) is 19.2 Å². The number of hydrogen-bond donors (Lipinski definition) is 1. The number of pyridine rings is 1. The van der Waals surface area contributed by atoms with Crippen LogP contribution in [0.1, 0.15) is 22.4 Å². The molecule has 1 N–H and O–H groups in total. The molecule has 0 fully saturated rings. The van der Waals surface area contributed by atoms with Crippen molar-refractivity contribution in [1.82, 2.24) is 15.0 Å². The van der Waals surface area contributed by atoms with Gasteiger partial charge in [0.2, 0.25) is 5.95 Å². The molecule has 4 aromatic rings. The molecular weight excluding hydrogens is 414 g/mol. The number of anilines is 3. The van der Waals surface area contributed by atoms with Gasteiger partial charge >= 0.3 is 0 Å². The topological polar surface area (TPSA) is 72.4 Å². The van der Waals surface area contributed by atoms with E-state index < -0.39 is 0 Å². The lowest BCUT2D eigenvalue weighted by Gasteiger charge is -2.18. The van der Waals surface area contributed by atoms with Crippen molar-refractivity contribution in [3.63, 3.8) is 0 Å². The number of benzene rings is 2. The maximum atomic E-state index is 5.70. The molecule has 0 spiro atoms. The van der Waals surface area contributed by atoms with Crippen molar-refractivity contribution in [1.29, 1.82) is 0 Å². The first kappa shape index (κ1) is 19.7. The third-order valence-electron chi connectivity index (χ3n) is 6.15. The summed E-state index contributed by atoms with van der Waals surface area (Å²) in [6.07, 6.45) is 3.61. The zero-order valence-corrected chi connectivity index (χ0v) is 18.3. The van der Waals surface area contributed by atoms with Crippen LogP contribution in [-0.2, 0) is 31.0 Å². The van der Waals surface area contributed by atoms with E-state index in [0.717, 1.165) is 52.7 Å². The summed E-state index contributed by atoms with van der Waals surface area (Å²) in [6.45, 7) is 2.56. The Morgan fingerprint density at radius 3 is 2.48 bits per heavy atom. The summed E-state index contributed by atoms with van der Waals surface area (Å²) in [7, 11) is 1.69. The molecule has 6 rings (SSSR count). The molecule has 0 saturated carbocycles. The highest BCUT2D eigenvalue weighted by Crippen LogP contribution is 2.34. The van der Waals surface area contributed by atoms with Gasteiger partial charge in [-0.05, 0) is 58.7 Å². The molecule has 0 aliphatic carbocycles. The van der Waals surface area contributed by atoms with E-state index in [1.165, 1.54) is 11.1 Å². The highest BCUT2D eigenvalue weighted by molar-refractivity contribution is 5.69. The Hall–Kier alpha value is -3.97. The van der Waals surface area contributed by atoms with E-state index in [-0.39, 0.29) is 0 Å². The number of fused-ring (bicyclic) bond motifs is 2. The van der Waals surface area contributed by atoms with Gasteiger partial charge in [-0.15, -0.1) is 0 Å². The molecule has 0 unspecified atom stereocenters. The quantitative estimate of drug-likeness (QED) is 0.479. The number of aromatic nitrogens is 3. The smallest absolute Gasteiger partial charge is 0.228 e. The van der Waals surface area contributed by atoms with Crippen molar-refractivity contribution in [2.24, 2.45) is 0 Å². The van der Waals surface area contributed by atoms with Gasteiger partial charge in [-0.3, -0.25) is 4.98 Å². The molecule has 0 atom stereocenters. The van der Waals surface area contributed by atoms with Gasteiger partial charge in [0.25, 0.3) is 0 Å². The number of hydrogen-bond acceptors (Lipinski definition) is 7. The Bertz CT molecular complexity index is 1310. The average molecular weight is 438 g/mol. The zero-order chi connectivity index (χ0) is 22.2. The maximum Gasteiger partial charge on any atom is 0.228 e. The van der Waals surface area contributed by atoms with Gasteiger partial charge in [0.15, 0.2) is 0 Å². The lowest BCUT2D eigenvalue weighted by Crippen LogP contribution is -2.19. The Morgan fingerprint density at radius 1 is 0.879 bits per heavy atom. The van der Waals surface area contributed by atoms with Gasteiger partial charge in [-0.2, -0.15) is 4.98 Å². The molecule has 2 aliphatic rings. The van der Waals surface area contributed by atoms with Crippen LogP contribution in [0.25, 0.3) is 11.1 Å². The summed E-state index contributed by atoms with van der Waals surface area (Å²) < 4.78 is 11.1. The second-order valence-electron chi connectivity index (χ2n) is 8.22. The van der Waals surface area contributed by atoms with Crippen molar-refractivity contribution < 1.29 is 9.47 Å². The Kier molecular flexibility index (Phi) is 4.88. The van der Waals surface area contributed by atoms with Crippen molar-refractivity contribution >= 4 is 17.5 Å². The maximum absolute atomic E-state index is 5.70. The zero-order valence-electron chi connectivity index (χ0n) is 18.3. The van der Waals surface area contributed by atoms with Crippen LogP contribution in [0.3, 0.4) is 0 Å². The number of ether oxygens (including phenoxy) is 2. The van der Waals surface area contributed by atoms with Crippen LogP contribution in [0.2, 0.25) is 0 Å². The first-order valence-corrected chi connectivity index (χ1v) is 10.9. The SMILES string of the molecule is COc1ccc2c(c1)CN(c1nc3c(c(Nc4ccc(-c5ccncc5)cc4)n1)COC3)C2. The monoisotopic (exact) mass is 437 g/mol. The summed E-state index contributed by atoms with van der Waals surface area (Å²) in [4.78, 5) is 16.0. The molecule has 0 saturated heterocycles. The van der Waals surface area contributed by atoms with E-state index in [9.17, 15) is 0 Å². The third kappa shape index (κ3) is 3.76. The number of methoxy groups -OCH3 is 1. The minimum atomic E-state index is 0.509. The second kappa shape index (κ2) is 8.18. The fraction of sp³-hybridized carbons (Fsp3) is 0.192. The lowest BCUT2D eigenvalue weighted by atomic mass is 10.1. The molecule has 0 radical (unpaired) electrons. The van der Waals surface area contributed by atoms with Gasteiger partial charge in [-0.25, -0.2) is 4.98 Å². The molecule has 0 bridgehead atoms. The Labute approximate surface area is 192 Å². The summed E-state index contributed by atoms with van der Waals surface area (Å²) in [5.74, 6) is 2.39. The first-order valence-electron chi connectivity index (χ1n) is 10.9. The fourth-order valence-electron chi connectivity index (χ4n) is 4.35. The molecule has 33 heavy (non-hydrogen) atoms. The predicted molar refractivity (Wildman–Crippen MR) is 126 cm³/mol. The molecule has 4 heterocycles. The summed E-state index contributed by atoms with van der Waals surface area (Å²) in [5, 5.41) is 3.50. The molecule has 0 amide bonds. The van der Waals surface area contributed by atoms with Crippen LogP contribution < -0.4 is 15.0 Å². The van der Waals surface area contributed by atoms with E-state index in [1.54, 1.807) is 19.5 Å². The largest absolute Gasteiger partial charge is 0.497 e. The minimum Gasteiger partial charge on any atom is -0.497 e. The van der Waals surface area contributed by atoms with Crippen LogP contribution >= 0.6 is 0 Å².